The number of carbonyl (C=O) groups is 2. The molecular formula is C20H17ClN2O3S. The van der Waals surface area contributed by atoms with Gasteiger partial charge in [-0.2, -0.15) is 0 Å². The number of halogens is 1. The van der Waals surface area contributed by atoms with Gasteiger partial charge in [-0.15, -0.1) is 0 Å². The highest BCUT2D eigenvalue weighted by atomic mass is 35.5. The number of aliphatic imine (C=N–C) groups is 1. The fourth-order valence-electron chi connectivity index (χ4n) is 2.38. The molecule has 0 saturated carbocycles. The summed E-state index contributed by atoms with van der Waals surface area (Å²) in [5, 5.41) is 1.14. The van der Waals surface area contributed by atoms with Crippen LogP contribution in [0.25, 0.3) is 6.08 Å². The molecule has 1 aliphatic rings. The van der Waals surface area contributed by atoms with E-state index < -0.39 is 0 Å². The van der Waals surface area contributed by atoms with E-state index in [1.54, 1.807) is 50.4 Å². The van der Waals surface area contributed by atoms with Crippen LogP contribution in [0.15, 0.2) is 58.4 Å². The van der Waals surface area contributed by atoms with Crippen LogP contribution in [0.2, 0.25) is 5.02 Å². The summed E-state index contributed by atoms with van der Waals surface area (Å²) in [6.07, 6.45) is 1.76. The quantitative estimate of drug-likeness (QED) is 0.549. The molecule has 2 aromatic carbocycles. The van der Waals surface area contributed by atoms with Crippen LogP contribution in [0.5, 0.6) is 0 Å². The standard InChI is InChI=1S/C20H17ClN2O3S/c1-3-26-19(25)13-8-10-15(11-9-13)22-20-23(2)18(24)17(27-20)12-14-6-4-5-7-16(14)21/h4-12H,3H2,1-2H3. The number of nitrogens with zero attached hydrogens (tertiary/aromatic N) is 2. The fraction of sp³-hybridized carbons (Fsp3) is 0.150. The number of amides is 1. The molecule has 7 heteroatoms. The molecule has 0 spiro atoms. The average molecular weight is 401 g/mol. The van der Waals surface area contributed by atoms with Crippen LogP contribution in [0, 0.1) is 0 Å². The lowest BCUT2D eigenvalue weighted by atomic mass is 10.2. The topological polar surface area (TPSA) is 59.0 Å². The Bertz CT molecular complexity index is 938. The molecule has 1 saturated heterocycles. The molecule has 0 atom stereocenters. The van der Waals surface area contributed by atoms with Gasteiger partial charge in [-0.05, 0) is 60.7 Å². The summed E-state index contributed by atoms with van der Waals surface area (Å²) in [5.74, 6) is -0.508. The number of amidine groups is 1. The first-order valence-electron chi connectivity index (χ1n) is 8.27. The summed E-state index contributed by atoms with van der Waals surface area (Å²) in [6.45, 7) is 2.09. The van der Waals surface area contributed by atoms with E-state index >= 15 is 0 Å². The fourth-order valence-corrected chi connectivity index (χ4v) is 3.55. The number of thioether (sulfide) groups is 1. The average Bonchev–Trinajstić information content (AvgIpc) is 2.92. The van der Waals surface area contributed by atoms with Crippen LogP contribution in [0.4, 0.5) is 5.69 Å². The second-order valence-electron chi connectivity index (χ2n) is 5.66. The van der Waals surface area contributed by atoms with Crippen LogP contribution in [0.3, 0.4) is 0 Å². The van der Waals surface area contributed by atoms with E-state index in [1.165, 1.54) is 16.7 Å². The van der Waals surface area contributed by atoms with Gasteiger partial charge in [0.05, 0.1) is 22.8 Å². The van der Waals surface area contributed by atoms with Crippen molar-refractivity contribution in [1.82, 2.24) is 4.90 Å². The lowest BCUT2D eigenvalue weighted by Crippen LogP contribution is -2.23. The Kier molecular flexibility index (Phi) is 5.98. The number of ether oxygens (including phenoxy) is 1. The maximum absolute atomic E-state index is 12.5. The molecule has 1 amide bonds. The zero-order chi connectivity index (χ0) is 19.4. The second-order valence-corrected chi connectivity index (χ2v) is 7.07. The Morgan fingerprint density at radius 2 is 1.93 bits per heavy atom. The molecular weight excluding hydrogens is 384 g/mol. The molecule has 1 aliphatic heterocycles. The molecule has 2 aromatic rings. The molecule has 27 heavy (non-hydrogen) atoms. The first kappa shape index (κ1) is 19.2. The summed E-state index contributed by atoms with van der Waals surface area (Å²) in [5.41, 5.74) is 1.89. The largest absolute Gasteiger partial charge is 0.462 e. The van der Waals surface area contributed by atoms with Gasteiger partial charge in [0.1, 0.15) is 0 Å². The van der Waals surface area contributed by atoms with Crippen LogP contribution in [-0.2, 0) is 9.53 Å². The van der Waals surface area contributed by atoms with E-state index in [0.29, 0.717) is 33.0 Å². The van der Waals surface area contributed by atoms with Crippen LogP contribution in [-0.4, -0.2) is 35.6 Å². The number of hydrogen-bond donors (Lipinski definition) is 0. The summed E-state index contributed by atoms with van der Waals surface area (Å²) in [7, 11) is 1.68. The zero-order valence-corrected chi connectivity index (χ0v) is 16.4. The van der Waals surface area contributed by atoms with Gasteiger partial charge in [-0.25, -0.2) is 9.79 Å². The summed E-state index contributed by atoms with van der Waals surface area (Å²) >= 11 is 7.45. The molecule has 138 valence electrons. The normalized spacial score (nSPS) is 17.0. The molecule has 0 aromatic heterocycles. The summed E-state index contributed by atoms with van der Waals surface area (Å²) in [6, 6.07) is 14.1. The van der Waals surface area contributed by atoms with Crippen molar-refractivity contribution >= 4 is 52.2 Å². The molecule has 3 rings (SSSR count). The monoisotopic (exact) mass is 400 g/mol. The van der Waals surface area contributed by atoms with Gasteiger partial charge in [0.2, 0.25) is 0 Å². The molecule has 0 aliphatic carbocycles. The SMILES string of the molecule is CCOC(=O)c1ccc(N=C2SC(=Cc3ccccc3Cl)C(=O)N2C)cc1. The van der Waals surface area contributed by atoms with Crippen molar-refractivity contribution in [3.8, 4) is 0 Å². The van der Waals surface area contributed by atoms with Crippen molar-refractivity contribution in [2.45, 2.75) is 6.92 Å². The van der Waals surface area contributed by atoms with E-state index in [-0.39, 0.29) is 11.9 Å². The number of rotatable bonds is 4. The van der Waals surface area contributed by atoms with Crippen LogP contribution >= 0.6 is 23.4 Å². The highest BCUT2D eigenvalue weighted by Gasteiger charge is 2.30. The minimum Gasteiger partial charge on any atom is -0.462 e. The minimum absolute atomic E-state index is 0.137. The predicted octanol–water partition coefficient (Wildman–Crippen LogP) is 4.75. The smallest absolute Gasteiger partial charge is 0.338 e. The highest BCUT2D eigenvalue weighted by molar-refractivity contribution is 8.18. The molecule has 1 fully saturated rings. The van der Waals surface area contributed by atoms with Crippen molar-refractivity contribution in [3.05, 3.63) is 69.6 Å². The molecule has 1 heterocycles. The Hall–Kier alpha value is -2.57. The Balaban J connectivity index is 1.82. The molecule has 0 N–H and O–H groups in total. The van der Waals surface area contributed by atoms with Gasteiger partial charge < -0.3 is 4.74 Å². The minimum atomic E-state index is -0.371. The number of benzene rings is 2. The second kappa shape index (κ2) is 8.41. The van der Waals surface area contributed by atoms with Crippen molar-refractivity contribution in [3.63, 3.8) is 0 Å². The maximum Gasteiger partial charge on any atom is 0.338 e. The number of likely N-dealkylation sites (N-methyl/N-ethyl adjacent to an activating group) is 1. The third kappa shape index (κ3) is 4.40. The van der Waals surface area contributed by atoms with E-state index in [4.69, 9.17) is 16.3 Å². The van der Waals surface area contributed by atoms with E-state index in [0.717, 1.165) is 5.56 Å². The molecule has 5 nitrogen and oxygen atoms in total. The number of esters is 1. The molecule has 0 unspecified atom stereocenters. The van der Waals surface area contributed by atoms with Crippen molar-refractivity contribution in [2.24, 2.45) is 4.99 Å². The Morgan fingerprint density at radius 3 is 2.59 bits per heavy atom. The third-order valence-corrected chi connectivity index (χ3v) is 5.20. The first-order chi connectivity index (χ1) is 13.0. The van der Waals surface area contributed by atoms with E-state index in [9.17, 15) is 9.59 Å². The molecule has 0 radical (unpaired) electrons. The van der Waals surface area contributed by atoms with E-state index in [1.807, 2.05) is 18.2 Å². The molecule has 0 bridgehead atoms. The van der Waals surface area contributed by atoms with Gasteiger partial charge in [0, 0.05) is 12.1 Å². The van der Waals surface area contributed by atoms with Crippen molar-refractivity contribution < 1.29 is 14.3 Å². The zero-order valence-electron chi connectivity index (χ0n) is 14.8. The number of hydrogen-bond acceptors (Lipinski definition) is 5. The summed E-state index contributed by atoms with van der Waals surface area (Å²) < 4.78 is 4.96. The summed E-state index contributed by atoms with van der Waals surface area (Å²) in [4.78, 5) is 30.7. The van der Waals surface area contributed by atoms with Crippen molar-refractivity contribution in [2.75, 3.05) is 13.7 Å². The van der Waals surface area contributed by atoms with Crippen molar-refractivity contribution in [1.29, 1.82) is 0 Å². The Morgan fingerprint density at radius 1 is 1.22 bits per heavy atom. The first-order valence-corrected chi connectivity index (χ1v) is 9.47. The highest BCUT2D eigenvalue weighted by Crippen LogP contribution is 2.34. The van der Waals surface area contributed by atoms with Gasteiger partial charge >= 0.3 is 5.97 Å². The third-order valence-electron chi connectivity index (χ3n) is 3.80. The lowest BCUT2D eigenvalue weighted by molar-refractivity contribution is -0.121. The maximum atomic E-state index is 12.5. The Labute approximate surface area is 166 Å². The van der Waals surface area contributed by atoms with Gasteiger partial charge in [-0.1, -0.05) is 29.8 Å². The van der Waals surface area contributed by atoms with Gasteiger partial charge in [0.15, 0.2) is 5.17 Å². The van der Waals surface area contributed by atoms with Gasteiger partial charge in [0.25, 0.3) is 5.91 Å². The van der Waals surface area contributed by atoms with Crippen LogP contribution in [0.1, 0.15) is 22.8 Å². The lowest BCUT2D eigenvalue weighted by Gasteiger charge is -2.07. The van der Waals surface area contributed by atoms with E-state index in [2.05, 4.69) is 4.99 Å². The number of carbonyl (C=O) groups excluding carboxylic acids is 2. The van der Waals surface area contributed by atoms with Gasteiger partial charge in [-0.3, -0.25) is 9.69 Å². The van der Waals surface area contributed by atoms with Crippen LogP contribution < -0.4 is 0 Å². The predicted molar refractivity (Wildman–Crippen MR) is 109 cm³/mol.